The average molecular weight is 191 g/mol. The van der Waals surface area contributed by atoms with Gasteiger partial charge in [-0.1, -0.05) is 17.7 Å². The highest BCUT2D eigenvalue weighted by Gasteiger charge is 2.32. The Labute approximate surface area is 81.1 Å². The molecule has 2 amide bonds. The van der Waals surface area contributed by atoms with Crippen molar-refractivity contribution in [2.75, 3.05) is 11.5 Å². The zero-order valence-corrected chi connectivity index (χ0v) is 7.69. The predicted octanol–water partition coefficient (Wildman–Crippen LogP) is 1.48. The molecule has 72 valence electrons. The molecule has 1 heterocycles. The van der Waals surface area contributed by atoms with Crippen molar-refractivity contribution >= 4 is 17.7 Å². The number of hydrogen-bond donors (Lipinski definition) is 0. The van der Waals surface area contributed by atoms with Crippen LogP contribution in [0.25, 0.3) is 0 Å². The number of carbonyl (C=O) groups excluding carboxylic acids is 2. The van der Waals surface area contributed by atoms with Gasteiger partial charge in [0, 0.05) is 0 Å². The van der Waals surface area contributed by atoms with Crippen LogP contribution in [0.5, 0.6) is 0 Å². The second kappa shape index (κ2) is 3.14. The lowest BCUT2D eigenvalue weighted by atomic mass is 10.2. The zero-order chi connectivity index (χ0) is 10.1. The summed E-state index contributed by atoms with van der Waals surface area (Å²) in [6, 6.07) is 7.13. The summed E-state index contributed by atoms with van der Waals surface area (Å²) in [4.78, 5) is 23.4. The lowest BCUT2D eigenvalue weighted by Gasteiger charge is -2.10. The summed E-state index contributed by atoms with van der Waals surface area (Å²) in [6.07, 6.45) is -0.598. The summed E-state index contributed by atoms with van der Waals surface area (Å²) in [7, 11) is 0. The Kier molecular flexibility index (Phi) is 1.96. The van der Waals surface area contributed by atoms with Crippen LogP contribution in [0, 0.1) is 6.92 Å². The van der Waals surface area contributed by atoms with Gasteiger partial charge in [0.05, 0.1) is 5.69 Å². The largest absolute Gasteiger partial charge is 0.439 e. The number of ether oxygens (including phenoxy) is 1. The summed E-state index contributed by atoms with van der Waals surface area (Å²) in [5.41, 5.74) is 1.64. The first kappa shape index (κ1) is 8.74. The van der Waals surface area contributed by atoms with Crippen LogP contribution in [-0.4, -0.2) is 18.6 Å². The number of imide groups is 1. The number of anilines is 1. The summed E-state index contributed by atoms with van der Waals surface area (Å²) in [5, 5.41) is 0. The molecule has 0 atom stereocenters. The number of amides is 2. The summed E-state index contributed by atoms with van der Waals surface area (Å²) >= 11 is 0. The maximum Gasteiger partial charge on any atom is 0.421 e. The molecule has 1 aliphatic heterocycles. The van der Waals surface area contributed by atoms with Gasteiger partial charge in [0.2, 0.25) is 0 Å². The van der Waals surface area contributed by atoms with Crippen molar-refractivity contribution in [3.8, 4) is 0 Å². The number of aryl methyl sites for hydroxylation is 1. The van der Waals surface area contributed by atoms with Crippen LogP contribution in [0.2, 0.25) is 0 Å². The van der Waals surface area contributed by atoms with Crippen molar-refractivity contribution in [1.82, 2.24) is 0 Å². The third-order valence-corrected chi connectivity index (χ3v) is 2.04. The van der Waals surface area contributed by atoms with Crippen molar-refractivity contribution in [3.05, 3.63) is 29.8 Å². The molecule has 4 nitrogen and oxygen atoms in total. The minimum absolute atomic E-state index is 0.160. The molecule has 0 N–H and O–H groups in total. The molecule has 0 saturated carbocycles. The first-order valence-corrected chi connectivity index (χ1v) is 4.25. The zero-order valence-electron chi connectivity index (χ0n) is 7.69. The lowest BCUT2D eigenvalue weighted by Crippen LogP contribution is -2.28. The first-order valence-electron chi connectivity index (χ1n) is 4.25. The van der Waals surface area contributed by atoms with Gasteiger partial charge in [-0.25, -0.2) is 9.69 Å². The second-order valence-electron chi connectivity index (χ2n) is 3.12. The average Bonchev–Trinajstić information content (AvgIpc) is 2.49. The Morgan fingerprint density at radius 2 is 1.86 bits per heavy atom. The van der Waals surface area contributed by atoms with Crippen molar-refractivity contribution in [2.45, 2.75) is 6.92 Å². The van der Waals surface area contributed by atoms with Gasteiger partial charge < -0.3 is 4.74 Å². The Morgan fingerprint density at radius 1 is 1.21 bits per heavy atom. The van der Waals surface area contributed by atoms with Gasteiger partial charge in [0.15, 0.2) is 6.61 Å². The summed E-state index contributed by atoms with van der Waals surface area (Å²) < 4.78 is 4.60. The molecule has 1 aromatic carbocycles. The van der Waals surface area contributed by atoms with Gasteiger partial charge in [-0.15, -0.1) is 0 Å². The Bertz CT molecular complexity index is 367. The normalized spacial score (nSPS) is 15.9. The molecule has 0 aromatic heterocycles. The van der Waals surface area contributed by atoms with E-state index < -0.39 is 6.09 Å². The number of nitrogens with zero attached hydrogens (tertiary/aromatic N) is 1. The van der Waals surface area contributed by atoms with Gasteiger partial charge in [0.1, 0.15) is 0 Å². The molecular weight excluding hydrogens is 182 g/mol. The van der Waals surface area contributed by atoms with Crippen molar-refractivity contribution in [1.29, 1.82) is 0 Å². The highest BCUT2D eigenvalue weighted by atomic mass is 16.6. The second-order valence-corrected chi connectivity index (χ2v) is 3.12. The molecule has 0 aliphatic carbocycles. The summed E-state index contributed by atoms with van der Waals surface area (Å²) in [6.45, 7) is 1.78. The molecule has 1 saturated heterocycles. The molecule has 2 rings (SSSR count). The van der Waals surface area contributed by atoms with E-state index in [2.05, 4.69) is 4.74 Å². The number of carbonyl (C=O) groups is 2. The fraction of sp³-hybridized carbons (Fsp3) is 0.200. The molecule has 0 bridgehead atoms. The van der Waals surface area contributed by atoms with Gasteiger partial charge in [-0.05, 0) is 19.1 Å². The monoisotopic (exact) mass is 191 g/mol. The standard InChI is InChI=1S/C10H9NO3/c1-7-2-4-8(5-3-7)11-9(12)6-14-10(11)13/h2-5H,6H2,1H3. The number of cyclic esters (lactones) is 1. The molecule has 0 unspecified atom stereocenters. The van der Waals surface area contributed by atoms with Crippen molar-refractivity contribution < 1.29 is 14.3 Å². The highest BCUT2D eigenvalue weighted by molar-refractivity contribution is 6.16. The van der Waals surface area contributed by atoms with E-state index in [9.17, 15) is 9.59 Å². The van der Waals surface area contributed by atoms with Gasteiger partial charge in [0.25, 0.3) is 5.91 Å². The van der Waals surface area contributed by atoms with Crippen LogP contribution in [-0.2, 0) is 9.53 Å². The van der Waals surface area contributed by atoms with E-state index in [1.165, 1.54) is 0 Å². The van der Waals surface area contributed by atoms with Crippen LogP contribution in [0.15, 0.2) is 24.3 Å². The Balaban J connectivity index is 2.34. The quantitative estimate of drug-likeness (QED) is 0.675. The fourth-order valence-corrected chi connectivity index (χ4v) is 1.30. The molecule has 1 aromatic rings. The first-order chi connectivity index (χ1) is 6.68. The van der Waals surface area contributed by atoms with Crippen LogP contribution in [0.3, 0.4) is 0 Å². The fourth-order valence-electron chi connectivity index (χ4n) is 1.30. The summed E-state index contributed by atoms with van der Waals surface area (Å²) in [5.74, 6) is -0.321. The van der Waals surface area contributed by atoms with Gasteiger partial charge in [-0.2, -0.15) is 0 Å². The topological polar surface area (TPSA) is 46.6 Å². The minimum atomic E-state index is -0.598. The molecule has 0 spiro atoms. The Hall–Kier alpha value is -1.84. The van der Waals surface area contributed by atoms with Crippen LogP contribution >= 0.6 is 0 Å². The Morgan fingerprint density at radius 3 is 2.36 bits per heavy atom. The van der Waals surface area contributed by atoms with E-state index in [0.29, 0.717) is 5.69 Å². The number of benzene rings is 1. The third-order valence-electron chi connectivity index (χ3n) is 2.04. The molecular formula is C10H9NO3. The van der Waals surface area contributed by atoms with Crippen molar-refractivity contribution in [2.24, 2.45) is 0 Å². The van der Waals surface area contributed by atoms with E-state index >= 15 is 0 Å². The van der Waals surface area contributed by atoms with Crippen molar-refractivity contribution in [3.63, 3.8) is 0 Å². The minimum Gasteiger partial charge on any atom is -0.439 e. The van der Waals surface area contributed by atoms with E-state index in [-0.39, 0.29) is 12.5 Å². The number of rotatable bonds is 1. The molecule has 4 heteroatoms. The highest BCUT2D eigenvalue weighted by Crippen LogP contribution is 2.19. The maximum atomic E-state index is 11.3. The van der Waals surface area contributed by atoms with E-state index in [0.717, 1.165) is 10.5 Å². The van der Waals surface area contributed by atoms with Crippen LogP contribution in [0.1, 0.15) is 5.56 Å². The van der Waals surface area contributed by atoms with E-state index in [1.54, 1.807) is 12.1 Å². The maximum absolute atomic E-state index is 11.3. The molecule has 14 heavy (non-hydrogen) atoms. The third kappa shape index (κ3) is 1.35. The van der Waals surface area contributed by atoms with Crippen LogP contribution in [0.4, 0.5) is 10.5 Å². The van der Waals surface area contributed by atoms with Gasteiger partial charge in [-0.3, -0.25) is 4.79 Å². The van der Waals surface area contributed by atoms with Crippen LogP contribution < -0.4 is 4.90 Å². The smallest absolute Gasteiger partial charge is 0.421 e. The SMILES string of the molecule is Cc1ccc(N2C(=O)COC2=O)cc1. The molecule has 1 fully saturated rings. The molecule has 1 aliphatic rings. The predicted molar refractivity (Wildman–Crippen MR) is 50.0 cm³/mol. The van der Waals surface area contributed by atoms with E-state index in [1.807, 2.05) is 19.1 Å². The van der Waals surface area contributed by atoms with E-state index in [4.69, 9.17) is 0 Å². The lowest BCUT2D eigenvalue weighted by molar-refractivity contribution is -0.117. The number of hydrogen-bond acceptors (Lipinski definition) is 3. The molecule has 0 radical (unpaired) electrons. The van der Waals surface area contributed by atoms with Gasteiger partial charge >= 0.3 is 6.09 Å².